The molecular formula is C21H18N4O4. The summed E-state index contributed by atoms with van der Waals surface area (Å²) in [5.74, 6) is -1.38. The Hall–Kier alpha value is -3.70. The molecule has 4 N–H and O–H groups in total. The van der Waals surface area contributed by atoms with Crippen LogP contribution in [0, 0.1) is 17.2 Å². The fourth-order valence-corrected chi connectivity index (χ4v) is 3.28. The molecule has 2 aromatic rings. The van der Waals surface area contributed by atoms with E-state index in [0.717, 1.165) is 12.8 Å². The highest BCUT2D eigenvalue weighted by Gasteiger charge is 2.47. The Morgan fingerprint density at radius 3 is 2.59 bits per heavy atom. The predicted octanol–water partition coefficient (Wildman–Crippen LogP) is 2.34. The van der Waals surface area contributed by atoms with E-state index in [4.69, 9.17) is 5.26 Å². The summed E-state index contributed by atoms with van der Waals surface area (Å²) in [6.45, 7) is 0. The largest absolute Gasteiger partial charge is 0.374 e. The molecule has 8 heteroatoms. The van der Waals surface area contributed by atoms with Gasteiger partial charge in [-0.15, -0.1) is 0 Å². The van der Waals surface area contributed by atoms with Crippen molar-refractivity contribution in [2.45, 2.75) is 24.9 Å². The molecule has 1 aliphatic carbocycles. The molecule has 0 radical (unpaired) electrons. The Morgan fingerprint density at radius 1 is 1.21 bits per heavy atom. The van der Waals surface area contributed by atoms with Crippen molar-refractivity contribution in [3.05, 3.63) is 53.6 Å². The zero-order valence-electron chi connectivity index (χ0n) is 15.4. The van der Waals surface area contributed by atoms with Gasteiger partial charge in [-0.2, -0.15) is 5.26 Å². The van der Waals surface area contributed by atoms with Gasteiger partial charge in [0.05, 0.1) is 23.9 Å². The van der Waals surface area contributed by atoms with Gasteiger partial charge in [0.25, 0.3) is 11.8 Å². The van der Waals surface area contributed by atoms with Crippen LogP contribution >= 0.6 is 0 Å². The maximum Gasteiger partial charge on any atom is 0.262 e. The van der Waals surface area contributed by atoms with E-state index in [2.05, 4.69) is 16.0 Å². The molecule has 0 bridgehead atoms. The monoisotopic (exact) mass is 390 g/mol. The molecule has 29 heavy (non-hydrogen) atoms. The van der Waals surface area contributed by atoms with Crippen LogP contribution in [0.25, 0.3) is 0 Å². The normalized spacial score (nSPS) is 19.7. The Kier molecular flexibility index (Phi) is 4.53. The van der Waals surface area contributed by atoms with Crippen molar-refractivity contribution in [3.8, 4) is 6.07 Å². The van der Waals surface area contributed by atoms with E-state index in [1.54, 1.807) is 30.3 Å². The van der Waals surface area contributed by atoms with Crippen LogP contribution in [0.15, 0.2) is 42.5 Å². The first kappa shape index (κ1) is 18.7. The Bertz CT molecular complexity index is 1060. The van der Waals surface area contributed by atoms with Gasteiger partial charge in [0.15, 0.2) is 5.60 Å². The second-order valence-corrected chi connectivity index (χ2v) is 7.18. The number of hydrogen-bond acceptors (Lipinski definition) is 5. The smallest absolute Gasteiger partial charge is 0.262 e. The number of nitrogens with one attached hydrogen (secondary N) is 3. The number of rotatable bonds is 5. The third-order valence-corrected chi connectivity index (χ3v) is 5.03. The molecule has 1 saturated carbocycles. The van der Waals surface area contributed by atoms with Gasteiger partial charge in [-0.1, -0.05) is 18.2 Å². The van der Waals surface area contributed by atoms with Crippen molar-refractivity contribution >= 4 is 34.8 Å². The highest BCUT2D eigenvalue weighted by molar-refractivity contribution is 6.13. The fraction of sp³-hybridized carbons (Fsp3) is 0.238. The van der Waals surface area contributed by atoms with Crippen LogP contribution in [0.4, 0.5) is 17.1 Å². The van der Waals surface area contributed by atoms with Gasteiger partial charge >= 0.3 is 0 Å². The molecular weight excluding hydrogens is 372 g/mol. The van der Waals surface area contributed by atoms with E-state index in [9.17, 15) is 19.5 Å². The number of hydrogen-bond donors (Lipinski definition) is 4. The average Bonchev–Trinajstić information content (AvgIpc) is 3.52. The summed E-state index contributed by atoms with van der Waals surface area (Å²) in [6.07, 6.45) is 1.16. The molecule has 1 fully saturated rings. The van der Waals surface area contributed by atoms with Crippen molar-refractivity contribution in [1.82, 2.24) is 0 Å². The lowest BCUT2D eigenvalue weighted by molar-refractivity contribution is -0.133. The Labute approximate surface area is 166 Å². The van der Waals surface area contributed by atoms with Gasteiger partial charge in [-0.3, -0.25) is 14.4 Å². The molecule has 146 valence electrons. The topological polar surface area (TPSA) is 131 Å². The number of carbonyl (C=O) groups excluding carboxylic acids is 3. The van der Waals surface area contributed by atoms with E-state index < -0.39 is 23.8 Å². The minimum atomic E-state index is -2.06. The van der Waals surface area contributed by atoms with Crippen LogP contribution in [-0.2, 0) is 15.2 Å². The molecule has 1 unspecified atom stereocenters. The summed E-state index contributed by atoms with van der Waals surface area (Å²) >= 11 is 0. The number of nitrogens with zero attached hydrogens (tertiary/aromatic N) is 1. The van der Waals surface area contributed by atoms with E-state index >= 15 is 0 Å². The Balaban J connectivity index is 1.74. The van der Waals surface area contributed by atoms with Crippen molar-refractivity contribution in [3.63, 3.8) is 0 Å². The highest BCUT2D eigenvalue weighted by Crippen LogP contribution is 2.44. The molecule has 1 heterocycles. The second-order valence-electron chi connectivity index (χ2n) is 7.18. The van der Waals surface area contributed by atoms with Crippen molar-refractivity contribution in [2.24, 2.45) is 5.92 Å². The van der Waals surface area contributed by atoms with Crippen LogP contribution in [0.3, 0.4) is 0 Å². The van der Waals surface area contributed by atoms with E-state index in [-0.39, 0.29) is 28.8 Å². The number of carbonyl (C=O) groups is 3. The maximum atomic E-state index is 12.6. The van der Waals surface area contributed by atoms with Gasteiger partial charge in [-0.25, -0.2) is 0 Å². The molecule has 2 aliphatic rings. The molecule has 3 amide bonds. The third-order valence-electron chi connectivity index (χ3n) is 5.03. The fourth-order valence-electron chi connectivity index (χ4n) is 3.28. The lowest BCUT2D eigenvalue weighted by Gasteiger charge is -2.19. The summed E-state index contributed by atoms with van der Waals surface area (Å²) in [7, 11) is 0. The van der Waals surface area contributed by atoms with Gasteiger partial charge in [0.1, 0.15) is 0 Å². The van der Waals surface area contributed by atoms with Crippen LogP contribution < -0.4 is 16.0 Å². The summed E-state index contributed by atoms with van der Waals surface area (Å²) in [4.78, 5) is 37.2. The van der Waals surface area contributed by atoms with Gasteiger partial charge in [0, 0.05) is 22.7 Å². The third kappa shape index (κ3) is 3.44. The van der Waals surface area contributed by atoms with Crippen molar-refractivity contribution in [1.29, 1.82) is 5.26 Å². The van der Waals surface area contributed by atoms with Crippen LogP contribution in [-0.4, -0.2) is 22.8 Å². The average molecular weight is 390 g/mol. The van der Waals surface area contributed by atoms with Gasteiger partial charge in [-0.05, 0) is 37.1 Å². The number of nitriles is 1. The van der Waals surface area contributed by atoms with Crippen molar-refractivity contribution in [2.75, 3.05) is 16.0 Å². The standard InChI is InChI=1S/C21H18N4O4/c22-9-8-21(29)15-10-14(23-18(26)13-6-7-13)11-16(17(15)25-20(21)28)24-19(27)12-4-2-1-3-5-12/h1-5,10-11,13,29H,6-8H2,(H,23,26)(H,24,27)(H,25,28). The second kappa shape index (κ2) is 7.04. The summed E-state index contributed by atoms with van der Waals surface area (Å²) in [5, 5.41) is 27.9. The zero-order valence-corrected chi connectivity index (χ0v) is 15.4. The highest BCUT2D eigenvalue weighted by atomic mass is 16.3. The van der Waals surface area contributed by atoms with Crippen molar-refractivity contribution < 1.29 is 19.5 Å². The van der Waals surface area contributed by atoms with Gasteiger partial charge in [0.2, 0.25) is 5.91 Å². The molecule has 0 aromatic heterocycles. The molecule has 1 atom stereocenters. The van der Waals surface area contributed by atoms with E-state index in [0.29, 0.717) is 11.3 Å². The summed E-state index contributed by atoms with van der Waals surface area (Å²) in [5.41, 5.74) is -0.745. The maximum absolute atomic E-state index is 12.6. The molecule has 0 saturated heterocycles. The number of benzene rings is 2. The van der Waals surface area contributed by atoms with E-state index in [1.807, 2.05) is 6.07 Å². The van der Waals surface area contributed by atoms with Crippen LogP contribution in [0.5, 0.6) is 0 Å². The summed E-state index contributed by atoms with van der Waals surface area (Å²) in [6, 6.07) is 13.3. The van der Waals surface area contributed by atoms with E-state index in [1.165, 1.54) is 12.1 Å². The lowest BCUT2D eigenvalue weighted by atomic mass is 9.91. The number of aliphatic hydroxyl groups is 1. The molecule has 2 aromatic carbocycles. The molecule has 1 aliphatic heterocycles. The number of amides is 3. The molecule has 4 rings (SSSR count). The van der Waals surface area contributed by atoms with Gasteiger partial charge < -0.3 is 21.1 Å². The molecule has 8 nitrogen and oxygen atoms in total. The first-order valence-electron chi connectivity index (χ1n) is 9.19. The van der Waals surface area contributed by atoms with Crippen LogP contribution in [0.2, 0.25) is 0 Å². The first-order chi connectivity index (χ1) is 13.9. The number of anilines is 3. The Morgan fingerprint density at radius 2 is 1.93 bits per heavy atom. The minimum Gasteiger partial charge on any atom is -0.374 e. The quantitative estimate of drug-likeness (QED) is 0.622. The SMILES string of the molecule is N#CCC1(O)C(=O)Nc2c(NC(=O)c3ccccc3)cc(NC(=O)C3CC3)cc21. The lowest BCUT2D eigenvalue weighted by Crippen LogP contribution is -2.33. The number of fused-ring (bicyclic) bond motifs is 1. The molecule has 0 spiro atoms. The summed E-state index contributed by atoms with van der Waals surface area (Å²) < 4.78 is 0. The minimum absolute atomic E-state index is 0.0524. The predicted molar refractivity (Wildman–Crippen MR) is 105 cm³/mol. The van der Waals surface area contributed by atoms with Crippen LogP contribution in [0.1, 0.15) is 35.2 Å². The zero-order chi connectivity index (χ0) is 20.6. The first-order valence-corrected chi connectivity index (χ1v) is 9.19.